The quantitative estimate of drug-likeness (QED) is 0.707. The van der Waals surface area contributed by atoms with Gasteiger partial charge in [-0.05, 0) is 26.3 Å². The Hall–Kier alpha value is -0.900. The van der Waals surface area contributed by atoms with Crippen LogP contribution in [0.3, 0.4) is 0 Å². The lowest BCUT2D eigenvalue weighted by molar-refractivity contribution is 0.00106. The van der Waals surface area contributed by atoms with Crippen molar-refractivity contribution in [1.29, 1.82) is 0 Å². The van der Waals surface area contributed by atoms with Gasteiger partial charge in [-0.3, -0.25) is 0 Å². The van der Waals surface area contributed by atoms with E-state index in [1.54, 1.807) is 6.92 Å². The first kappa shape index (κ1) is 13.2. The maximum Gasteiger partial charge on any atom is 0.0973 e. The largest absolute Gasteiger partial charge is 0.393 e. The van der Waals surface area contributed by atoms with Gasteiger partial charge in [-0.25, -0.2) is 0 Å². The molecule has 3 heteroatoms. The van der Waals surface area contributed by atoms with Crippen molar-refractivity contribution in [3.8, 4) is 0 Å². The van der Waals surface area contributed by atoms with Gasteiger partial charge < -0.3 is 15.5 Å². The second-order valence-corrected chi connectivity index (χ2v) is 4.67. The molecule has 0 radical (unpaired) electrons. The fourth-order valence-electron chi connectivity index (χ4n) is 1.40. The van der Waals surface area contributed by atoms with Crippen LogP contribution in [0.1, 0.15) is 31.0 Å². The molecule has 16 heavy (non-hydrogen) atoms. The highest BCUT2D eigenvalue weighted by Crippen LogP contribution is 2.13. The summed E-state index contributed by atoms with van der Waals surface area (Å²) < 4.78 is 0. The van der Waals surface area contributed by atoms with Crippen LogP contribution in [0, 0.1) is 6.92 Å². The number of rotatable bonds is 5. The lowest BCUT2D eigenvalue weighted by atomic mass is 10.0. The predicted molar refractivity (Wildman–Crippen MR) is 65.3 cm³/mol. The number of aliphatic hydroxyl groups is 2. The molecular weight excluding hydrogens is 202 g/mol. The van der Waals surface area contributed by atoms with E-state index in [1.165, 1.54) is 11.1 Å². The average Bonchev–Trinajstić information content (AvgIpc) is 2.27. The summed E-state index contributed by atoms with van der Waals surface area (Å²) in [7, 11) is 0. The van der Waals surface area contributed by atoms with E-state index in [0.717, 1.165) is 0 Å². The van der Waals surface area contributed by atoms with Gasteiger partial charge in [0.15, 0.2) is 0 Å². The molecule has 0 aliphatic carbocycles. The number of aryl methyl sites for hydroxylation is 1. The van der Waals surface area contributed by atoms with Crippen LogP contribution in [0.15, 0.2) is 24.3 Å². The smallest absolute Gasteiger partial charge is 0.0973 e. The van der Waals surface area contributed by atoms with Gasteiger partial charge in [0.2, 0.25) is 0 Å². The van der Waals surface area contributed by atoms with Crippen molar-refractivity contribution in [3.05, 3.63) is 35.4 Å². The summed E-state index contributed by atoms with van der Waals surface area (Å²) in [6.45, 7) is 5.84. The number of hydrogen-bond donors (Lipinski definition) is 3. The van der Waals surface area contributed by atoms with E-state index in [9.17, 15) is 5.11 Å². The van der Waals surface area contributed by atoms with Gasteiger partial charge in [0.1, 0.15) is 0 Å². The fraction of sp³-hybridized carbons (Fsp3) is 0.538. The molecule has 90 valence electrons. The molecule has 1 rings (SSSR count). The van der Waals surface area contributed by atoms with E-state index in [0.29, 0.717) is 6.54 Å². The third-order valence-corrected chi connectivity index (χ3v) is 2.71. The van der Waals surface area contributed by atoms with Gasteiger partial charge in [-0.15, -0.1) is 0 Å². The zero-order valence-corrected chi connectivity index (χ0v) is 10.2. The van der Waals surface area contributed by atoms with Gasteiger partial charge in [0, 0.05) is 12.6 Å². The molecule has 0 amide bonds. The molecule has 0 bridgehead atoms. The molecule has 0 heterocycles. The molecule has 0 aromatic heterocycles. The van der Waals surface area contributed by atoms with Crippen molar-refractivity contribution in [2.45, 2.75) is 32.4 Å². The van der Waals surface area contributed by atoms with Gasteiger partial charge in [-0.1, -0.05) is 29.8 Å². The average molecular weight is 223 g/mol. The first-order valence-corrected chi connectivity index (χ1v) is 5.58. The Labute approximate surface area is 97.1 Å². The Kier molecular flexibility index (Phi) is 4.47. The zero-order valence-electron chi connectivity index (χ0n) is 10.2. The van der Waals surface area contributed by atoms with Crippen LogP contribution < -0.4 is 5.32 Å². The first-order valence-electron chi connectivity index (χ1n) is 5.58. The molecular formula is C13H21NO2. The van der Waals surface area contributed by atoms with Gasteiger partial charge in [-0.2, -0.15) is 0 Å². The Bertz CT molecular complexity index is 319. The molecule has 3 nitrogen and oxygen atoms in total. The van der Waals surface area contributed by atoms with E-state index < -0.39 is 5.60 Å². The molecule has 1 aromatic rings. The summed E-state index contributed by atoms with van der Waals surface area (Å²) in [6.07, 6.45) is 0. The molecule has 0 aliphatic heterocycles. The van der Waals surface area contributed by atoms with Gasteiger partial charge in [0.05, 0.1) is 12.2 Å². The fourth-order valence-corrected chi connectivity index (χ4v) is 1.40. The topological polar surface area (TPSA) is 52.5 Å². The van der Waals surface area contributed by atoms with E-state index in [-0.39, 0.29) is 12.6 Å². The van der Waals surface area contributed by atoms with Crippen molar-refractivity contribution in [1.82, 2.24) is 5.32 Å². The van der Waals surface area contributed by atoms with Gasteiger partial charge >= 0.3 is 0 Å². The van der Waals surface area contributed by atoms with Crippen molar-refractivity contribution < 1.29 is 10.2 Å². The SMILES string of the molecule is Cc1ccc(C(C)NCC(C)(O)CO)cc1. The number of benzene rings is 1. The van der Waals surface area contributed by atoms with Gasteiger partial charge in [0.25, 0.3) is 0 Å². The molecule has 1 aromatic carbocycles. The maximum absolute atomic E-state index is 9.65. The molecule has 0 saturated heterocycles. The Morgan fingerprint density at radius 3 is 2.38 bits per heavy atom. The highest BCUT2D eigenvalue weighted by molar-refractivity contribution is 5.23. The minimum Gasteiger partial charge on any atom is -0.393 e. The summed E-state index contributed by atoms with van der Waals surface area (Å²) in [6, 6.07) is 8.44. The van der Waals surface area contributed by atoms with Crippen LogP contribution in [0.25, 0.3) is 0 Å². The van der Waals surface area contributed by atoms with E-state index in [1.807, 2.05) is 6.92 Å². The Morgan fingerprint density at radius 2 is 1.88 bits per heavy atom. The minimum absolute atomic E-state index is 0.165. The van der Waals surface area contributed by atoms with Crippen LogP contribution in [0.5, 0.6) is 0 Å². The molecule has 0 saturated carbocycles. The zero-order chi connectivity index (χ0) is 12.2. The standard InChI is InChI=1S/C13H21NO2/c1-10-4-6-12(7-5-10)11(2)14-8-13(3,16)9-15/h4-7,11,14-16H,8-9H2,1-3H3. The molecule has 0 aliphatic rings. The number of aliphatic hydroxyl groups excluding tert-OH is 1. The van der Waals surface area contributed by atoms with E-state index in [2.05, 4.69) is 36.5 Å². The lowest BCUT2D eigenvalue weighted by Gasteiger charge is -2.24. The summed E-state index contributed by atoms with van der Waals surface area (Å²) in [5, 5.41) is 21.8. The lowest BCUT2D eigenvalue weighted by Crippen LogP contribution is -2.41. The minimum atomic E-state index is -1.06. The van der Waals surface area contributed by atoms with Crippen LogP contribution >= 0.6 is 0 Å². The first-order chi connectivity index (χ1) is 7.44. The van der Waals surface area contributed by atoms with Crippen LogP contribution in [0.4, 0.5) is 0 Å². The Balaban J connectivity index is 2.53. The highest BCUT2D eigenvalue weighted by atomic mass is 16.3. The number of hydrogen-bond acceptors (Lipinski definition) is 3. The van der Waals surface area contributed by atoms with Crippen molar-refractivity contribution in [2.24, 2.45) is 0 Å². The summed E-state index contributed by atoms with van der Waals surface area (Å²) >= 11 is 0. The molecule has 0 fully saturated rings. The molecule has 0 spiro atoms. The summed E-state index contributed by atoms with van der Waals surface area (Å²) in [5.41, 5.74) is 1.36. The third-order valence-electron chi connectivity index (χ3n) is 2.71. The monoisotopic (exact) mass is 223 g/mol. The molecule has 2 atom stereocenters. The van der Waals surface area contributed by atoms with Crippen molar-refractivity contribution >= 4 is 0 Å². The predicted octanol–water partition coefficient (Wildman–Crippen LogP) is 1.39. The second kappa shape index (κ2) is 5.43. The van der Waals surface area contributed by atoms with Crippen LogP contribution in [-0.2, 0) is 0 Å². The maximum atomic E-state index is 9.65. The highest BCUT2D eigenvalue weighted by Gasteiger charge is 2.19. The summed E-state index contributed by atoms with van der Waals surface area (Å²) in [4.78, 5) is 0. The summed E-state index contributed by atoms with van der Waals surface area (Å²) in [5.74, 6) is 0. The van der Waals surface area contributed by atoms with Crippen molar-refractivity contribution in [2.75, 3.05) is 13.2 Å². The van der Waals surface area contributed by atoms with E-state index in [4.69, 9.17) is 5.11 Å². The molecule has 2 unspecified atom stereocenters. The van der Waals surface area contributed by atoms with E-state index >= 15 is 0 Å². The number of nitrogens with one attached hydrogen (secondary N) is 1. The third kappa shape index (κ3) is 3.93. The second-order valence-electron chi connectivity index (χ2n) is 4.67. The van der Waals surface area contributed by atoms with Crippen LogP contribution in [-0.4, -0.2) is 29.0 Å². The van der Waals surface area contributed by atoms with Crippen molar-refractivity contribution in [3.63, 3.8) is 0 Å². The molecule has 3 N–H and O–H groups in total. The normalized spacial score (nSPS) is 16.8. The Morgan fingerprint density at radius 1 is 1.31 bits per heavy atom. The van der Waals surface area contributed by atoms with Crippen LogP contribution in [0.2, 0.25) is 0 Å².